The van der Waals surface area contributed by atoms with E-state index in [0.717, 1.165) is 35.3 Å². The van der Waals surface area contributed by atoms with Crippen molar-refractivity contribution in [3.63, 3.8) is 0 Å². The van der Waals surface area contributed by atoms with Gasteiger partial charge in [-0.2, -0.15) is 0 Å². The number of para-hydroxylation sites is 1. The van der Waals surface area contributed by atoms with E-state index in [0.29, 0.717) is 17.3 Å². The summed E-state index contributed by atoms with van der Waals surface area (Å²) >= 11 is 1.36. The van der Waals surface area contributed by atoms with Gasteiger partial charge in [0.05, 0.1) is 5.75 Å². The van der Waals surface area contributed by atoms with Gasteiger partial charge in [0.25, 0.3) is 5.91 Å². The van der Waals surface area contributed by atoms with Crippen LogP contribution in [0.25, 0.3) is 5.69 Å². The zero-order chi connectivity index (χ0) is 22.2. The Balaban J connectivity index is 1.66. The number of benzene rings is 2. The van der Waals surface area contributed by atoms with Gasteiger partial charge in [-0.3, -0.25) is 14.2 Å². The molecule has 0 unspecified atom stereocenters. The first-order chi connectivity index (χ1) is 15.0. The molecular formula is C24H28N4O2S. The Labute approximate surface area is 187 Å². The fraction of sp³-hybridized carbons (Fsp3) is 0.292. The number of anilines is 1. The zero-order valence-corrected chi connectivity index (χ0v) is 19.0. The fourth-order valence-corrected chi connectivity index (χ4v) is 3.96. The average molecular weight is 437 g/mol. The predicted octanol–water partition coefficient (Wildman–Crippen LogP) is 4.75. The van der Waals surface area contributed by atoms with Crippen molar-refractivity contribution in [1.82, 2.24) is 14.9 Å². The molecule has 0 spiro atoms. The molecule has 3 rings (SSSR count). The van der Waals surface area contributed by atoms with Crippen molar-refractivity contribution in [2.45, 2.75) is 38.8 Å². The van der Waals surface area contributed by atoms with Gasteiger partial charge in [0.2, 0.25) is 5.91 Å². The Kier molecular flexibility index (Phi) is 7.89. The van der Waals surface area contributed by atoms with Gasteiger partial charge in [-0.25, -0.2) is 4.98 Å². The van der Waals surface area contributed by atoms with E-state index >= 15 is 0 Å². The highest BCUT2D eigenvalue weighted by Crippen LogP contribution is 2.23. The molecule has 0 aliphatic heterocycles. The van der Waals surface area contributed by atoms with Crippen molar-refractivity contribution in [3.05, 3.63) is 71.5 Å². The fourth-order valence-electron chi connectivity index (χ4n) is 3.19. The van der Waals surface area contributed by atoms with Crippen LogP contribution >= 0.6 is 11.8 Å². The summed E-state index contributed by atoms with van der Waals surface area (Å²) in [6.07, 6.45) is 5.52. The molecule has 0 radical (unpaired) electrons. The number of aryl methyl sites for hydroxylation is 2. The van der Waals surface area contributed by atoms with Crippen LogP contribution in [0.2, 0.25) is 0 Å². The van der Waals surface area contributed by atoms with Gasteiger partial charge in [-0.05, 0) is 49.6 Å². The van der Waals surface area contributed by atoms with Crippen molar-refractivity contribution in [2.75, 3.05) is 17.6 Å². The second kappa shape index (κ2) is 10.8. The number of thioether (sulfide) groups is 1. The van der Waals surface area contributed by atoms with Gasteiger partial charge < -0.3 is 10.6 Å². The van der Waals surface area contributed by atoms with Gasteiger partial charge >= 0.3 is 0 Å². The van der Waals surface area contributed by atoms with Crippen LogP contribution in [0.1, 0.15) is 41.3 Å². The van der Waals surface area contributed by atoms with E-state index in [1.54, 1.807) is 12.3 Å². The minimum Gasteiger partial charge on any atom is -0.352 e. The summed E-state index contributed by atoms with van der Waals surface area (Å²) in [5, 5.41) is 6.63. The van der Waals surface area contributed by atoms with Gasteiger partial charge in [-0.15, -0.1) is 0 Å². The Morgan fingerprint density at radius 2 is 1.84 bits per heavy atom. The molecule has 0 atom stereocenters. The molecule has 1 aromatic heterocycles. The maximum atomic E-state index is 12.5. The Morgan fingerprint density at radius 3 is 2.58 bits per heavy atom. The lowest BCUT2D eigenvalue weighted by Gasteiger charge is -2.12. The number of amides is 2. The highest BCUT2D eigenvalue weighted by molar-refractivity contribution is 7.99. The monoisotopic (exact) mass is 436 g/mol. The maximum absolute atomic E-state index is 12.5. The Morgan fingerprint density at radius 1 is 1.10 bits per heavy atom. The summed E-state index contributed by atoms with van der Waals surface area (Å²) < 4.78 is 1.89. The van der Waals surface area contributed by atoms with Crippen LogP contribution in [-0.2, 0) is 4.79 Å². The topological polar surface area (TPSA) is 76.0 Å². The maximum Gasteiger partial charge on any atom is 0.251 e. The molecule has 31 heavy (non-hydrogen) atoms. The van der Waals surface area contributed by atoms with Crippen molar-refractivity contribution in [2.24, 2.45) is 0 Å². The molecule has 0 saturated heterocycles. The van der Waals surface area contributed by atoms with E-state index in [4.69, 9.17) is 0 Å². The number of carbonyl (C=O) groups is 2. The standard InChI is InChI=1S/C24H28N4O2S/c1-4-5-12-25-23(30)19-10-7-11-20(15-19)28-14-13-26-24(28)31-16-21(29)27-22-17(2)8-6-9-18(22)3/h6-11,13-15H,4-5,12,16H2,1-3H3,(H,25,30)(H,27,29). The molecular weight excluding hydrogens is 408 g/mol. The molecule has 2 N–H and O–H groups in total. The minimum atomic E-state index is -0.0856. The smallest absolute Gasteiger partial charge is 0.251 e. The van der Waals surface area contributed by atoms with Crippen LogP contribution in [-0.4, -0.2) is 33.7 Å². The molecule has 0 aliphatic rings. The molecule has 1 heterocycles. The summed E-state index contributed by atoms with van der Waals surface area (Å²) in [4.78, 5) is 29.3. The molecule has 6 nitrogen and oxygen atoms in total. The van der Waals surface area contributed by atoms with E-state index in [-0.39, 0.29) is 17.6 Å². The number of unbranched alkanes of at least 4 members (excludes halogenated alkanes) is 1. The van der Waals surface area contributed by atoms with E-state index in [1.165, 1.54) is 11.8 Å². The number of nitrogens with zero attached hydrogens (tertiary/aromatic N) is 2. The summed E-state index contributed by atoms with van der Waals surface area (Å²) in [6.45, 7) is 6.72. The molecule has 0 aliphatic carbocycles. The number of nitrogens with one attached hydrogen (secondary N) is 2. The number of carbonyl (C=O) groups excluding carboxylic acids is 2. The molecule has 0 fully saturated rings. The second-order valence-corrected chi connectivity index (χ2v) is 8.29. The van der Waals surface area contributed by atoms with Crippen LogP contribution in [0.3, 0.4) is 0 Å². The highest BCUT2D eigenvalue weighted by Gasteiger charge is 2.13. The Hall–Kier alpha value is -3.06. The van der Waals surface area contributed by atoms with Crippen molar-refractivity contribution < 1.29 is 9.59 Å². The number of aromatic nitrogens is 2. The summed E-state index contributed by atoms with van der Waals surface area (Å²) in [5.41, 5.74) is 4.37. The third kappa shape index (κ3) is 5.98. The first-order valence-electron chi connectivity index (χ1n) is 10.4. The molecule has 0 bridgehead atoms. The predicted molar refractivity (Wildman–Crippen MR) is 126 cm³/mol. The second-order valence-electron chi connectivity index (χ2n) is 7.34. The number of rotatable bonds is 9. The van der Waals surface area contributed by atoms with Crippen LogP contribution in [0.5, 0.6) is 0 Å². The molecule has 0 saturated carbocycles. The molecule has 3 aromatic rings. The minimum absolute atomic E-state index is 0.0824. The molecule has 2 aromatic carbocycles. The van der Waals surface area contributed by atoms with Crippen molar-refractivity contribution in [1.29, 1.82) is 0 Å². The normalized spacial score (nSPS) is 10.7. The zero-order valence-electron chi connectivity index (χ0n) is 18.1. The molecule has 162 valence electrons. The molecule has 2 amide bonds. The van der Waals surface area contributed by atoms with E-state index in [9.17, 15) is 9.59 Å². The quantitative estimate of drug-likeness (QED) is 0.375. The lowest BCUT2D eigenvalue weighted by molar-refractivity contribution is -0.113. The van der Waals surface area contributed by atoms with E-state index in [2.05, 4.69) is 22.5 Å². The van der Waals surface area contributed by atoms with Crippen LogP contribution in [0.15, 0.2) is 60.0 Å². The summed E-state index contributed by atoms with van der Waals surface area (Å²) in [5.74, 6) is 0.0701. The third-order valence-electron chi connectivity index (χ3n) is 4.89. The number of imidazole rings is 1. The highest BCUT2D eigenvalue weighted by atomic mass is 32.2. The van der Waals surface area contributed by atoms with E-state index < -0.39 is 0 Å². The van der Waals surface area contributed by atoms with Gasteiger partial charge in [-0.1, -0.05) is 49.4 Å². The van der Waals surface area contributed by atoms with Crippen molar-refractivity contribution in [3.8, 4) is 5.69 Å². The van der Waals surface area contributed by atoms with Crippen LogP contribution in [0.4, 0.5) is 5.69 Å². The summed E-state index contributed by atoms with van der Waals surface area (Å²) in [6, 6.07) is 13.3. The summed E-state index contributed by atoms with van der Waals surface area (Å²) in [7, 11) is 0. The largest absolute Gasteiger partial charge is 0.352 e. The van der Waals surface area contributed by atoms with Gasteiger partial charge in [0.15, 0.2) is 5.16 Å². The lowest BCUT2D eigenvalue weighted by Crippen LogP contribution is -2.24. The number of hydrogen-bond acceptors (Lipinski definition) is 4. The SMILES string of the molecule is CCCCNC(=O)c1cccc(-n2ccnc2SCC(=O)Nc2c(C)cccc2C)c1. The van der Waals surface area contributed by atoms with Crippen LogP contribution < -0.4 is 10.6 Å². The van der Waals surface area contributed by atoms with Gasteiger partial charge in [0, 0.05) is 35.9 Å². The Bertz CT molecular complexity index is 1040. The average Bonchev–Trinajstić information content (AvgIpc) is 3.24. The van der Waals surface area contributed by atoms with Gasteiger partial charge in [0.1, 0.15) is 0 Å². The third-order valence-corrected chi connectivity index (χ3v) is 5.85. The first-order valence-corrected chi connectivity index (χ1v) is 11.4. The van der Waals surface area contributed by atoms with Crippen molar-refractivity contribution >= 4 is 29.3 Å². The molecule has 7 heteroatoms. The first kappa shape index (κ1) is 22.6. The lowest BCUT2D eigenvalue weighted by atomic mass is 10.1. The van der Waals surface area contributed by atoms with E-state index in [1.807, 2.05) is 61.0 Å². The van der Waals surface area contributed by atoms with Crippen LogP contribution in [0, 0.1) is 13.8 Å². The number of hydrogen-bond donors (Lipinski definition) is 2.